The van der Waals surface area contributed by atoms with Crippen molar-refractivity contribution in [2.24, 2.45) is 0 Å². The monoisotopic (exact) mass is 430 g/mol. The van der Waals surface area contributed by atoms with Crippen LogP contribution in [-0.4, -0.2) is 29.4 Å². The molecule has 1 N–H and O–H groups in total. The molecular weight excluding hydrogens is 387 g/mol. The summed E-state index contributed by atoms with van der Waals surface area (Å²) in [5.74, 6) is 0. The van der Waals surface area contributed by atoms with Crippen molar-refractivity contribution in [2.75, 3.05) is 0 Å². The molecule has 0 rings (SSSR count). The van der Waals surface area contributed by atoms with E-state index in [1.807, 2.05) is 0 Å². The topological polar surface area (TPSA) is 77.4 Å². The maximum Gasteiger partial charge on any atom is 1.00 e. The molecule has 0 aliphatic carbocycles. The third kappa shape index (κ3) is 20.6. The van der Waals surface area contributed by atoms with Gasteiger partial charge in [0.25, 0.3) is 0 Å². The number of hydrogen-bond donors (Lipinski definition) is 1. The van der Waals surface area contributed by atoms with Crippen LogP contribution in [0.1, 0.15) is 123 Å². The molecule has 0 spiro atoms. The van der Waals surface area contributed by atoms with Crippen LogP contribution in [0.25, 0.3) is 0 Å². The molecule has 0 heterocycles. The van der Waals surface area contributed by atoms with E-state index in [9.17, 15) is 18.1 Å². The van der Waals surface area contributed by atoms with Gasteiger partial charge in [-0.25, -0.2) is 8.42 Å². The third-order valence-electron chi connectivity index (χ3n) is 5.24. The summed E-state index contributed by atoms with van der Waals surface area (Å²) in [7, 11) is -4.22. The molecule has 158 valence electrons. The molecule has 2 unspecified atom stereocenters. The number of rotatable bonds is 19. The zero-order valence-electron chi connectivity index (χ0n) is 18.3. The first-order valence-electron chi connectivity index (χ1n) is 11.0. The molecule has 0 aromatic rings. The maximum atomic E-state index is 11.5. The molecule has 0 fully saturated rings. The Bertz CT molecular complexity index is 401. The predicted molar refractivity (Wildman–Crippen MR) is 109 cm³/mol. The molecule has 0 aliphatic rings. The minimum Gasteiger partial charge on any atom is -0.748 e. The standard InChI is InChI=1S/C21H44O4S.K/c1-3-5-7-9-10-11-12-14-18-21(26(23,24)25)19-15-17-20(22)16-13-8-6-4-2;/h20-22H,3-19H2,1-2H3,(H,23,24,25);/q;+1/p-1. The fourth-order valence-electron chi connectivity index (χ4n) is 3.47. The van der Waals surface area contributed by atoms with Gasteiger partial charge < -0.3 is 9.66 Å². The molecule has 0 aromatic carbocycles. The van der Waals surface area contributed by atoms with Crippen molar-refractivity contribution >= 4 is 10.1 Å². The van der Waals surface area contributed by atoms with Crippen molar-refractivity contribution in [1.29, 1.82) is 0 Å². The molecule has 0 radical (unpaired) electrons. The fourth-order valence-corrected chi connectivity index (χ4v) is 4.38. The molecule has 0 bridgehead atoms. The molecule has 0 saturated heterocycles. The first-order valence-corrected chi connectivity index (χ1v) is 12.5. The smallest absolute Gasteiger partial charge is 0.748 e. The molecule has 27 heavy (non-hydrogen) atoms. The summed E-state index contributed by atoms with van der Waals surface area (Å²) in [5.41, 5.74) is 0. The van der Waals surface area contributed by atoms with Crippen LogP contribution in [0, 0.1) is 0 Å². The van der Waals surface area contributed by atoms with Gasteiger partial charge in [0.1, 0.15) is 0 Å². The SMILES string of the molecule is CCCCCCCCCCC(CCCC(O)CCCCCC)S(=O)(=O)[O-].[K+]. The van der Waals surface area contributed by atoms with Crippen LogP contribution < -0.4 is 51.4 Å². The number of hydrogen-bond acceptors (Lipinski definition) is 4. The van der Waals surface area contributed by atoms with Crippen LogP contribution in [0.4, 0.5) is 0 Å². The zero-order chi connectivity index (χ0) is 19.7. The summed E-state index contributed by atoms with van der Waals surface area (Å²) >= 11 is 0. The van der Waals surface area contributed by atoms with E-state index in [1.54, 1.807) is 0 Å². The van der Waals surface area contributed by atoms with E-state index in [4.69, 9.17) is 0 Å². The first-order chi connectivity index (χ1) is 12.4. The van der Waals surface area contributed by atoms with E-state index in [2.05, 4.69) is 13.8 Å². The second kappa shape index (κ2) is 20.8. The molecule has 6 heteroatoms. The van der Waals surface area contributed by atoms with Crippen LogP contribution in [0.15, 0.2) is 0 Å². The number of unbranched alkanes of at least 4 members (excludes halogenated alkanes) is 10. The van der Waals surface area contributed by atoms with E-state index < -0.39 is 15.4 Å². The summed E-state index contributed by atoms with van der Waals surface area (Å²) in [6, 6.07) is 0. The molecule has 0 amide bonds. The summed E-state index contributed by atoms with van der Waals surface area (Å²) in [5, 5.41) is 9.20. The minimum atomic E-state index is -4.22. The van der Waals surface area contributed by atoms with Crippen molar-refractivity contribution in [3.05, 3.63) is 0 Å². The van der Waals surface area contributed by atoms with Gasteiger partial charge in [0.05, 0.1) is 16.2 Å². The Hall–Kier alpha value is 1.51. The number of aliphatic hydroxyl groups is 1. The van der Waals surface area contributed by atoms with Gasteiger partial charge in [-0.2, -0.15) is 0 Å². The van der Waals surface area contributed by atoms with Gasteiger partial charge in [-0.1, -0.05) is 90.9 Å². The van der Waals surface area contributed by atoms with E-state index in [-0.39, 0.29) is 57.5 Å². The minimum absolute atomic E-state index is 0. The second-order valence-corrected chi connectivity index (χ2v) is 9.46. The molecule has 2 atom stereocenters. The molecule has 0 aliphatic heterocycles. The Balaban J connectivity index is 0. The summed E-state index contributed by atoms with van der Waals surface area (Å²) in [4.78, 5) is 0. The van der Waals surface area contributed by atoms with Gasteiger partial charge in [-0.05, 0) is 32.1 Å². The van der Waals surface area contributed by atoms with E-state index in [0.29, 0.717) is 25.7 Å². The Morgan fingerprint density at radius 2 is 1.04 bits per heavy atom. The Morgan fingerprint density at radius 3 is 1.56 bits per heavy atom. The maximum absolute atomic E-state index is 11.5. The zero-order valence-corrected chi connectivity index (χ0v) is 22.2. The second-order valence-electron chi connectivity index (χ2n) is 7.81. The van der Waals surface area contributed by atoms with E-state index in [0.717, 1.165) is 38.5 Å². The molecule has 0 saturated carbocycles. The van der Waals surface area contributed by atoms with Gasteiger partial charge >= 0.3 is 51.4 Å². The summed E-state index contributed by atoms with van der Waals surface area (Å²) in [6.45, 7) is 4.36. The first kappa shape index (κ1) is 30.7. The largest absolute Gasteiger partial charge is 1.00 e. The average molecular weight is 431 g/mol. The predicted octanol–water partition coefficient (Wildman–Crippen LogP) is 2.94. The van der Waals surface area contributed by atoms with Crippen molar-refractivity contribution < 1.29 is 69.5 Å². The quantitative estimate of drug-likeness (QED) is 0.194. The molecule has 0 aromatic heterocycles. The van der Waals surface area contributed by atoms with Crippen LogP contribution >= 0.6 is 0 Å². The van der Waals surface area contributed by atoms with Crippen LogP contribution in [0.5, 0.6) is 0 Å². The average Bonchev–Trinajstić information content (AvgIpc) is 2.58. The van der Waals surface area contributed by atoms with Gasteiger partial charge in [-0.15, -0.1) is 0 Å². The molecular formula is C21H43KO4S. The summed E-state index contributed by atoms with van der Waals surface area (Å²) < 4.78 is 34.4. The Labute approximate surface area is 211 Å². The van der Waals surface area contributed by atoms with Gasteiger partial charge in [0.15, 0.2) is 0 Å². The van der Waals surface area contributed by atoms with Crippen LogP contribution in [-0.2, 0) is 10.1 Å². The van der Waals surface area contributed by atoms with Crippen molar-refractivity contribution in [2.45, 2.75) is 134 Å². The molecule has 4 nitrogen and oxygen atoms in total. The van der Waals surface area contributed by atoms with Gasteiger partial charge in [-0.3, -0.25) is 0 Å². The van der Waals surface area contributed by atoms with Crippen molar-refractivity contribution in [1.82, 2.24) is 0 Å². The van der Waals surface area contributed by atoms with Gasteiger partial charge in [0, 0.05) is 5.25 Å². The fraction of sp³-hybridized carbons (Fsp3) is 1.00. The van der Waals surface area contributed by atoms with Gasteiger partial charge in [0.2, 0.25) is 0 Å². The van der Waals surface area contributed by atoms with Crippen molar-refractivity contribution in [3.8, 4) is 0 Å². The number of aliphatic hydroxyl groups excluding tert-OH is 1. The van der Waals surface area contributed by atoms with Crippen LogP contribution in [0.3, 0.4) is 0 Å². The summed E-state index contributed by atoms with van der Waals surface area (Å²) in [6.07, 6.45) is 16.3. The Kier molecular flexibility index (Phi) is 23.6. The van der Waals surface area contributed by atoms with E-state index >= 15 is 0 Å². The Morgan fingerprint density at radius 1 is 0.667 bits per heavy atom. The van der Waals surface area contributed by atoms with Crippen LogP contribution in [0.2, 0.25) is 0 Å². The van der Waals surface area contributed by atoms with Crippen molar-refractivity contribution in [3.63, 3.8) is 0 Å². The normalized spacial score (nSPS) is 13.9. The van der Waals surface area contributed by atoms with E-state index in [1.165, 1.54) is 44.9 Å². The third-order valence-corrected chi connectivity index (χ3v) is 6.53.